The topological polar surface area (TPSA) is 125 Å². The summed E-state index contributed by atoms with van der Waals surface area (Å²) in [5.74, 6) is -0.480. The molecule has 4 rings (SSSR count). The number of carbonyl (C=O) groups is 4. The molecule has 3 heterocycles. The maximum absolute atomic E-state index is 13.1. The molecule has 0 radical (unpaired) electrons. The zero-order chi connectivity index (χ0) is 30.9. The first-order valence-electron chi connectivity index (χ1n) is 15.1. The number of rotatable bonds is 10. The molecular weight excluding hydrogens is 552 g/mol. The number of hydrogen-bond acceptors (Lipinski definition) is 8. The van der Waals surface area contributed by atoms with E-state index < -0.39 is 5.91 Å². The minimum absolute atomic E-state index is 0.0960. The van der Waals surface area contributed by atoms with Crippen molar-refractivity contribution in [2.24, 2.45) is 0 Å². The van der Waals surface area contributed by atoms with Gasteiger partial charge in [-0.25, -0.2) is 9.78 Å². The number of nitrogens with zero attached hydrogens (tertiary/aromatic N) is 5. The Labute approximate surface area is 253 Å². The molecule has 234 valence electrons. The van der Waals surface area contributed by atoms with Gasteiger partial charge >= 0.3 is 6.09 Å². The minimum Gasteiger partial charge on any atom is -0.483 e. The molecule has 12 heteroatoms. The lowest BCUT2D eigenvalue weighted by Crippen LogP contribution is -2.52. The largest absolute Gasteiger partial charge is 0.483 e. The lowest BCUT2D eigenvalue weighted by atomic mass is 10.1. The predicted octanol–water partition coefficient (Wildman–Crippen LogP) is 2.29. The Morgan fingerprint density at radius 1 is 1.00 bits per heavy atom. The van der Waals surface area contributed by atoms with Gasteiger partial charge in [-0.3, -0.25) is 14.4 Å². The third kappa shape index (κ3) is 8.56. The number of nitrogens with one attached hydrogen (secondary N) is 1. The van der Waals surface area contributed by atoms with Crippen molar-refractivity contribution in [1.82, 2.24) is 29.9 Å². The number of likely N-dealkylation sites (N-methyl/N-ethyl adjacent to an activating group) is 1. The SMILES string of the molecule is CCCCOC(=O)N1CCN(C(=O)CNC(=O)c2cc(OCC(=O)N3CCCC(N(C)C)C3)c3ccc(C)cc3n2)CC1. The normalized spacial score (nSPS) is 17.2. The van der Waals surface area contributed by atoms with Crippen LogP contribution >= 0.6 is 0 Å². The summed E-state index contributed by atoms with van der Waals surface area (Å²) in [6.45, 7) is 6.84. The van der Waals surface area contributed by atoms with Crippen LogP contribution in [0, 0.1) is 6.92 Å². The van der Waals surface area contributed by atoms with E-state index >= 15 is 0 Å². The molecular formula is C31H44N6O6. The van der Waals surface area contributed by atoms with Gasteiger partial charge in [0.1, 0.15) is 11.4 Å². The highest BCUT2D eigenvalue weighted by Crippen LogP contribution is 2.27. The van der Waals surface area contributed by atoms with Crippen LogP contribution in [0.3, 0.4) is 0 Å². The summed E-state index contributed by atoms with van der Waals surface area (Å²) in [7, 11) is 4.04. The van der Waals surface area contributed by atoms with Crippen LogP contribution in [-0.4, -0.2) is 128 Å². The van der Waals surface area contributed by atoms with Gasteiger partial charge in [-0.05, 0) is 58.0 Å². The van der Waals surface area contributed by atoms with Gasteiger partial charge in [0.15, 0.2) is 6.61 Å². The fraction of sp³-hybridized carbons (Fsp3) is 0.581. The molecule has 2 saturated heterocycles. The molecule has 43 heavy (non-hydrogen) atoms. The average molecular weight is 597 g/mol. The minimum atomic E-state index is -0.518. The molecule has 0 spiro atoms. The number of aryl methyl sites for hydroxylation is 1. The summed E-state index contributed by atoms with van der Waals surface area (Å²) in [5.41, 5.74) is 1.62. The maximum Gasteiger partial charge on any atom is 0.409 e. The van der Waals surface area contributed by atoms with Gasteiger partial charge in [-0.2, -0.15) is 0 Å². The monoisotopic (exact) mass is 596 g/mol. The number of ether oxygens (including phenoxy) is 2. The predicted molar refractivity (Wildman–Crippen MR) is 162 cm³/mol. The Morgan fingerprint density at radius 2 is 1.74 bits per heavy atom. The fourth-order valence-corrected chi connectivity index (χ4v) is 5.27. The van der Waals surface area contributed by atoms with E-state index in [1.807, 2.05) is 51.0 Å². The van der Waals surface area contributed by atoms with E-state index in [2.05, 4.69) is 15.2 Å². The van der Waals surface area contributed by atoms with Gasteiger partial charge in [0.2, 0.25) is 5.91 Å². The van der Waals surface area contributed by atoms with Crippen molar-refractivity contribution < 1.29 is 28.7 Å². The van der Waals surface area contributed by atoms with E-state index in [0.29, 0.717) is 68.6 Å². The lowest BCUT2D eigenvalue weighted by molar-refractivity contribution is -0.135. The number of unbranched alkanes of at least 4 members (excludes halogenated alkanes) is 1. The van der Waals surface area contributed by atoms with Crippen molar-refractivity contribution in [2.45, 2.75) is 45.6 Å². The highest BCUT2D eigenvalue weighted by atomic mass is 16.6. The van der Waals surface area contributed by atoms with Gasteiger partial charge in [0.25, 0.3) is 11.8 Å². The molecule has 2 fully saturated rings. The number of carbonyl (C=O) groups excluding carboxylic acids is 4. The quantitative estimate of drug-likeness (QED) is 0.415. The van der Waals surface area contributed by atoms with Crippen molar-refractivity contribution in [3.63, 3.8) is 0 Å². The van der Waals surface area contributed by atoms with Crippen molar-refractivity contribution in [1.29, 1.82) is 0 Å². The number of aromatic nitrogens is 1. The standard InChI is InChI=1S/C31H44N6O6/c1-5-6-16-42-31(41)36-14-12-35(13-15-36)28(38)19-32-30(40)26-18-27(24-10-9-22(2)17-25(24)33-26)43-21-29(39)37-11-7-8-23(20-37)34(3)4/h9-10,17-18,23H,5-8,11-16,19-21H2,1-4H3,(H,32,40). The second-order valence-electron chi connectivity index (χ2n) is 11.4. The fourth-order valence-electron chi connectivity index (χ4n) is 5.27. The number of benzene rings is 1. The van der Waals surface area contributed by atoms with E-state index in [1.54, 1.807) is 9.80 Å². The summed E-state index contributed by atoms with van der Waals surface area (Å²) in [6, 6.07) is 7.48. The van der Waals surface area contributed by atoms with Gasteiger partial charge in [-0.1, -0.05) is 19.4 Å². The van der Waals surface area contributed by atoms with Gasteiger partial charge < -0.3 is 34.4 Å². The van der Waals surface area contributed by atoms with Crippen LogP contribution < -0.4 is 10.1 Å². The molecule has 0 saturated carbocycles. The van der Waals surface area contributed by atoms with E-state index in [1.165, 1.54) is 6.07 Å². The summed E-state index contributed by atoms with van der Waals surface area (Å²) in [4.78, 5) is 62.8. The first-order chi connectivity index (χ1) is 20.7. The number of piperidine rings is 1. The number of piperazine rings is 1. The van der Waals surface area contributed by atoms with E-state index in [9.17, 15) is 19.2 Å². The van der Waals surface area contributed by atoms with E-state index in [0.717, 1.165) is 31.2 Å². The second kappa shape index (κ2) is 15.0. The van der Waals surface area contributed by atoms with Crippen LogP contribution in [0.5, 0.6) is 5.75 Å². The first-order valence-corrected chi connectivity index (χ1v) is 15.1. The highest BCUT2D eigenvalue weighted by Gasteiger charge is 2.27. The van der Waals surface area contributed by atoms with E-state index in [4.69, 9.17) is 9.47 Å². The Morgan fingerprint density at radius 3 is 2.47 bits per heavy atom. The molecule has 2 aliphatic heterocycles. The van der Waals surface area contributed by atoms with E-state index in [-0.39, 0.29) is 36.8 Å². The molecule has 4 amide bonds. The molecule has 0 bridgehead atoms. The zero-order valence-electron chi connectivity index (χ0n) is 25.8. The van der Waals surface area contributed by atoms with Crippen molar-refractivity contribution in [3.05, 3.63) is 35.5 Å². The summed E-state index contributed by atoms with van der Waals surface area (Å²) >= 11 is 0. The first kappa shape index (κ1) is 32.0. The van der Waals surface area contributed by atoms with Crippen LogP contribution in [0.1, 0.15) is 48.7 Å². The van der Waals surface area contributed by atoms with Crippen LogP contribution in [0.2, 0.25) is 0 Å². The number of likely N-dealkylation sites (tertiary alicyclic amines) is 1. The van der Waals surface area contributed by atoms with Gasteiger partial charge in [0.05, 0.1) is 18.7 Å². The van der Waals surface area contributed by atoms with Crippen molar-refractivity contribution in [3.8, 4) is 5.75 Å². The Bertz CT molecular complexity index is 1310. The third-order valence-corrected chi connectivity index (χ3v) is 8.00. The Kier molecular flexibility index (Phi) is 11.2. The summed E-state index contributed by atoms with van der Waals surface area (Å²) in [5, 5.41) is 3.37. The Hall–Kier alpha value is -3.93. The highest BCUT2D eigenvalue weighted by molar-refractivity contribution is 5.98. The summed E-state index contributed by atoms with van der Waals surface area (Å²) in [6.07, 6.45) is 3.39. The lowest BCUT2D eigenvalue weighted by Gasteiger charge is -2.36. The number of pyridine rings is 1. The molecule has 1 N–H and O–H groups in total. The zero-order valence-corrected chi connectivity index (χ0v) is 25.8. The van der Waals surface area contributed by atoms with Crippen molar-refractivity contribution >= 4 is 34.7 Å². The third-order valence-electron chi connectivity index (χ3n) is 8.00. The maximum atomic E-state index is 13.1. The second-order valence-corrected chi connectivity index (χ2v) is 11.4. The van der Waals surface area contributed by atoms with Crippen LogP contribution in [0.25, 0.3) is 10.9 Å². The molecule has 1 atom stereocenters. The molecule has 1 aromatic carbocycles. The molecule has 2 aliphatic rings. The van der Waals surface area contributed by atoms with Crippen LogP contribution in [0.15, 0.2) is 24.3 Å². The van der Waals surface area contributed by atoms with Gasteiger partial charge in [-0.15, -0.1) is 0 Å². The van der Waals surface area contributed by atoms with Gasteiger partial charge in [0, 0.05) is 56.8 Å². The molecule has 12 nitrogen and oxygen atoms in total. The number of hydrogen-bond donors (Lipinski definition) is 1. The van der Waals surface area contributed by atoms with Crippen LogP contribution in [-0.2, 0) is 14.3 Å². The van der Waals surface area contributed by atoms with Crippen LogP contribution in [0.4, 0.5) is 4.79 Å². The Balaban J connectivity index is 1.35. The number of fused-ring (bicyclic) bond motifs is 1. The average Bonchev–Trinajstić information content (AvgIpc) is 3.01. The smallest absolute Gasteiger partial charge is 0.409 e. The summed E-state index contributed by atoms with van der Waals surface area (Å²) < 4.78 is 11.3. The van der Waals surface area contributed by atoms with Crippen molar-refractivity contribution in [2.75, 3.05) is 73.1 Å². The molecule has 1 unspecified atom stereocenters. The molecule has 0 aliphatic carbocycles. The molecule has 2 aromatic rings. The molecule has 1 aromatic heterocycles. The number of amides is 4.